The molecule has 0 amide bonds. The summed E-state index contributed by atoms with van der Waals surface area (Å²) in [6, 6.07) is 0. The van der Waals surface area contributed by atoms with Gasteiger partial charge < -0.3 is 0 Å². The van der Waals surface area contributed by atoms with Crippen LogP contribution in [-0.4, -0.2) is 14.1 Å². The predicted octanol–water partition coefficient (Wildman–Crippen LogP) is 0.693. The molecule has 0 spiro atoms. The van der Waals surface area contributed by atoms with Crippen molar-refractivity contribution in [2.45, 2.75) is 0 Å². The van der Waals surface area contributed by atoms with E-state index in [1.807, 2.05) is 0 Å². The second-order valence-corrected chi connectivity index (χ2v) is 0.400. The monoisotopic (exact) mass is 180 g/mol. The molecule has 0 aromatic heterocycles. The third-order valence-electron chi connectivity index (χ3n) is 0.200. The van der Waals surface area contributed by atoms with Crippen LogP contribution in [0.2, 0.25) is 0 Å². The minimum atomic E-state index is 0. The molecule has 6 heavy (non-hydrogen) atoms. The van der Waals surface area contributed by atoms with Crippen molar-refractivity contribution in [2.24, 2.45) is 10.2 Å². The van der Waals surface area contributed by atoms with Gasteiger partial charge in [-0.3, -0.25) is 0 Å². The maximum atomic E-state index is 3.36. The Morgan fingerprint density at radius 1 is 1.00 bits per heavy atom. The van der Waals surface area contributed by atoms with Crippen molar-refractivity contribution in [3.8, 4) is 0 Å². The van der Waals surface area contributed by atoms with Crippen LogP contribution in [0.4, 0.5) is 0 Å². The minimum Gasteiger partial charge on any atom is -0.198 e. The Kier molecular flexibility index (Phi) is 46.4. The third kappa shape index (κ3) is 23.0. The molecule has 0 bridgehead atoms. The molecule has 0 unspecified atom stereocenters. The smallest absolute Gasteiger partial charge is 0.0487 e. The fourth-order valence-corrected chi connectivity index (χ4v) is 0. The summed E-state index contributed by atoms with van der Waals surface area (Å²) in [7, 11) is 3.28. The van der Waals surface area contributed by atoms with Crippen molar-refractivity contribution in [2.75, 3.05) is 14.1 Å². The van der Waals surface area contributed by atoms with E-state index in [-0.39, 0.29) is 33.8 Å². The fourth-order valence-electron chi connectivity index (χ4n) is 0. The quantitative estimate of drug-likeness (QED) is 0.387. The van der Waals surface area contributed by atoms with Crippen LogP contribution in [0.25, 0.3) is 0 Å². The van der Waals surface area contributed by atoms with Crippen molar-refractivity contribution < 1.29 is 33.8 Å². The summed E-state index contributed by atoms with van der Waals surface area (Å²) in [5, 5.41) is 6.72. The largest absolute Gasteiger partial charge is 0.198 e. The van der Waals surface area contributed by atoms with Crippen molar-refractivity contribution in [3.63, 3.8) is 0 Å². The van der Waals surface area contributed by atoms with Crippen molar-refractivity contribution >= 4 is 0 Å². The molecule has 0 aliphatic rings. The second-order valence-electron chi connectivity index (χ2n) is 0.400. The number of azo groups is 1. The van der Waals surface area contributed by atoms with Gasteiger partial charge in [0.2, 0.25) is 0 Å². The number of hydrogen-bond donors (Lipinski definition) is 0. The molecule has 0 saturated heterocycles. The normalized spacial score (nSPS) is 6.33. The van der Waals surface area contributed by atoms with Crippen molar-refractivity contribution in [1.82, 2.24) is 0 Å². The zero-order valence-electron chi connectivity index (χ0n) is 3.53. The topological polar surface area (TPSA) is 24.7 Å². The molecule has 0 aromatic carbocycles. The van der Waals surface area contributed by atoms with E-state index >= 15 is 0 Å². The van der Waals surface area contributed by atoms with Gasteiger partial charge in [-0.05, 0) is 0 Å². The third-order valence-corrected chi connectivity index (χ3v) is 0.200. The summed E-state index contributed by atoms with van der Waals surface area (Å²) in [5.41, 5.74) is 0. The zero-order valence-corrected chi connectivity index (χ0v) is 5.51. The van der Waals surface area contributed by atoms with E-state index < -0.39 is 0 Å². The Bertz CT molecular complexity index is 26.7. The summed E-state index contributed by atoms with van der Waals surface area (Å²) in [6.07, 6.45) is 0. The van der Waals surface area contributed by atoms with E-state index in [1.165, 1.54) is 0 Å². The molecule has 0 heterocycles. The fraction of sp³-hybridized carbons (Fsp3) is 1.00. The SMILES string of the molecule is CN=NC.[Co].[Cu]. The Morgan fingerprint density at radius 3 is 1.17 bits per heavy atom. The first-order chi connectivity index (χ1) is 1.91. The molecule has 0 rings (SSSR count). The number of rotatable bonds is 0. The molecule has 0 atom stereocenters. The molecule has 2 radical (unpaired) electrons. The first kappa shape index (κ1) is 16.0. The summed E-state index contributed by atoms with van der Waals surface area (Å²) in [6.45, 7) is 0. The van der Waals surface area contributed by atoms with Crippen LogP contribution >= 0.6 is 0 Å². The summed E-state index contributed by atoms with van der Waals surface area (Å²) < 4.78 is 0. The minimum absolute atomic E-state index is 0. The van der Waals surface area contributed by atoms with Crippen LogP contribution in [0.5, 0.6) is 0 Å². The molecule has 4 heteroatoms. The molecule has 0 saturated carbocycles. The van der Waals surface area contributed by atoms with Crippen LogP contribution < -0.4 is 0 Å². The van der Waals surface area contributed by atoms with Crippen LogP contribution in [-0.2, 0) is 33.8 Å². The molecule has 44 valence electrons. The molecule has 0 aromatic rings. The molecule has 0 aliphatic carbocycles. The summed E-state index contributed by atoms with van der Waals surface area (Å²) in [4.78, 5) is 0. The van der Waals surface area contributed by atoms with Gasteiger partial charge in [0.05, 0.1) is 0 Å². The molecule has 2 nitrogen and oxygen atoms in total. The van der Waals surface area contributed by atoms with E-state index in [4.69, 9.17) is 0 Å². The van der Waals surface area contributed by atoms with Gasteiger partial charge in [-0.15, -0.1) is 0 Å². The van der Waals surface area contributed by atoms with E-state index in [0.717, 1.165) is 0 Å². The Balaban J connectivity index is -0.0000000450. The Labute approximate surface area is 58.5 Å². The van der Waals surface area contributed by atoms with E-state index in [9.17, 15) is 0 Å². The Hall–Kier alpha value is 0.626. The first-order valence-corrected chi connectivity index (χ1v) is 1.09. The maximum absolute atomic E-state index is 3.36. The molecular weight excluding hydrogens is 175 g/mol. The van der Waals surface area contributed by atoms with Crippen LogP contribution in [0.15, 0.2) is 10.2 Å². The van der Waals surface area contributed by atoms with E-state index in [2.05, 4.69) is 10.2 Å². The van der Waals surface area contributed by atoms with Crippen LogP contribution in [0.3, 0.4) is 0 Å². The summed E-state index contributed by atoms with van der Waals surface area (Å²) in [5.74, 6) is 0. The standard InChI is InChI=1S/C2H6N2.Co.Cu/c1-3-4-2;;/h1-2H3;;. The summed E-state index contributed by atoms with van der Waals surface area (Å²) >= 11 is 0. The van der Waals surface area contributed by atoms with Crippen molar-refractivity contribution in [1.29, 1.82) is 0 Å². The second kappa shape index (κ2) is 17.5. The van der Waals surface area contributed by atoms with Crippen LogP contribution in [0.1, 0.15) is 0 Å². The van der Waals surface area contributed by atoms with E-state index in [1.54, 1.807) is 14.1 Å². The van der Waals surface area contributed by atoms with Gasteiger partial charge in [0.15, 0.2) is 0 Å². The van der Waals surface area contributed by atoms with Crippen LogP contribution in [0, 0.1) is 0 Å². The molecule has 0 N–H and O–H groups in total. The number of nitrogens with zero attached hydrogens (tertiary/aromatic N) is 2. The van der Waals surface area contributed by atoms with Gasteiger partial charge >= 0.3 is 0 Å². The zero-order chi connectivity index (χ0) is 3.41. The molecule has 0 fully saturated rings. The first-order valence-electron chi connectivity index (χ1n) is 1.09. The average Bonchev–Trinajstić information content (AvgIpc) is 1.37. The molecule has 0 aliphatic heterocycles. The van der Waals surface area contributed by atoms with Gasteiger partial charge in [0.1, 0.15) is 0 Å². The van der Waals surface area contributed by atoms with Gasteiger partial charge in [-0.25, -0.2) is 0 Å². The average molecular weight is 181 g/mol. The van der Waals surface area contributed by atoms with Gasteiger partial charge in [-0.2, -0.15) is 10.2 Å². The van der Waals surface area contributed by atoms with Gasteiger partial charge in [0.25, 0.3) is 0 Å². The predicted molar refractivity (Wildman–Crippen MR) is 16.7 cm³/mol. The van der Waals surface area contributed by atoms with Crippen molar-refractivity contribution in [3.05, 3.63) is 0 Å². The number of hydrogen-bond acceptors (Lipinski definition) is 2. The van der Waals surface area contributed by atoms with Gasteiger partial charge in [0, 0.05) is 47.9 Å². The molecular formula is C2H6CoCuN2. The van der Waals surface area contributed by atoms with Gasteiger partial charge in [-0.1, -0.05) is 0 Å². The van der Waals surface area contributed by atoms with E-state index in [0.29, 0.717) is 0 Å². The Morgan fingerprint density at radius 2 is 1.17 bits per heavy atom. The maximum Gasteiger partial charge on any atom is 0.0487 e.